The maximum absolute atomic E-state index is 12.7. The zero-order chi connectivity index (χ0) is 25.1. The summed E-state index contributed by atoms with van der Waals surface area (Å²) in [5, 5.41) is 3.20. The molecule has 1 aromatic rings. The van der Waals surface area contributed by atoms with Crippen LogP contribution in [0.2, 0.25) is 0 Å². The highest BCUT2D eigenvalue weighted by molar-refractivity contribution is 6.01. The molecule has 190 valence electrons. The van der Waals surface area contributed by atoms with Gasteiger partial charge in [-0.25, -0.2) is 4.79 Å². The lowest BCUT2D eigenvalue weighted by Crippen LogP contribution is -2.67. The zero-order valence-corrected chi connectivity index (χ0v) is 19.6. The van der Waals surface area contributed by atoms with Gasteiger partial charge in [-0.1, -0.05) is 30.3 Å². The first kappa shape index (κ1) is 25.2. The number of hydroxylamine groups is 2. The second kappa shape index (κ2) is 10.8. The van der Waals surface area contributed by atoms with E-state index in [1.165, 1.54) is 21.0 Å². The molecule has 3 saturated heterocycles. The number of carbonyl (C=O) groups is 4. The Labute approximate surface area is 201 Å². The number of methoxy groups -OCH3 is 1. The molecule has 3 fully saturated rings. The standard InChI is InChI=1S/C23H28N2O10/c1-12(21(29)35-25-16(27)9-10-17(25)28)32-20-18(24-13(2)26)23(30-3)33-15-11-31-22(34-19(15)20)14-7-5-4-6-8-14/h4-8,12,15,18-20,22-23H,9-11H2,1-3H3,(H,24,26)/t12-,15?,18?,19-,20-,22?,23+/m1/s1. The van der Waals surface area contributed by atoms with Crippen LogP contribution in [0.15, 0.2) is 30.3 Å². The average molecular weight is 492 g/mol. The monoisotopic (exact) mass is 492 g/mol. The summed E-state index contributed by atoms with van der Waals surface area (Å²) in [7, 11) is 1.41. The number of nitrogens with zero attached hydrogens (tertiary/aromatic N) is 1. The van der Waals surface area contributed by atoms with E-state index in [1.807, 2.05) is 30.3 Å². The van der Waals surface area contributed by atoms with Crippen molar-refractivity contribution in [3.05, 3.63) is 35.9 Å². The lowest BCUT2D eigenvalue weighted by molar-refractivity contribution is -0.348. The Bertz CT molecular complexity index is 941. The van der Waals surface area contributed by atoms with Crippen LogP contribution in [0.25, 0.3) is 0 Å². The minimum absolute atomic E-state index is 0.0279. The normalized spacial score (nSPS) is 31.6. The van der Waals surface area contributed by atoms with Crippen molar-refractivity contribution in [3.63, 3.8) is 0 Å². The van der Waals surface area contributed by atoms with Gasteiger partial charge in [0.25, 0.3) is 11.8 Å². The summed E-state index contributed by atoms with van der Waals surface area (Å²) in [6.45, 7) is 2.89. The van der Waals surface area contributed by atoms with Gasteiger partial charge in [0.15, 0.2) is 18.7 Å². The van der Waals surface area contributed by atoms with Crippen LogP contribution in [0.3, 0.4) is 0 Å². The molecule has 0 aliphatic carbocycles. The van der Waals surface area contributed by atoms with Crippen LogP contribution in [0.5, 0.6) is 0 Å². The molecule has 3 heterocycles. The minimum Gasteiger partial charge on any atom is -0.358 e. The van der Waals surface area contributed by atoms with Gasteiger partial charge >= 0.3 is 5.97 Å². The molecule has 0 bridgehead atoms. The van der Waals surface area contributed by atoms with Crippen LogP contribution in [-0.2, 0) is 47.7 Å². The van der Waals surface area contributed by atoms with E-state index in [1.54, 1.807) is 0 Å². The fourth-order valence-electron chi connectivity index (χ4n) is 4.22. The predicted molar refractivity (Wildman–Crippen MR) is 115 cm³/mol. The van der Waals surface area contributed by atoms with Crippen molar-refractivity contribution >= 4 is 23.7 Å². The molecular formula is C23H28N2O10. The van der Waals surface area contributed by atoms with Gasteiger partial charge in [0.1, 0.15) is 24.4 Å². The summed E-state index contributed by atoms with van der Waals surface area (Å²) < 4.78 is 29.5. The lowest BCUT2D eigenvalue weighted by atomic mass is 9.95. The van der Waals surface area contributed by atoms with E-state index < -0.39 is 60.8 Å². The first-order valence-electron chi connectivity index (χ1n) is 11.3. The summed E-state index contributed by atoms with van der Waals surface area (Å²) in [6.07, 6.45) is -5.25. The van der Waals surface area contributed by atoms with Gasteiger partial charge in [0.05, 0.1) is 6.61 Å². The van der Waals surface area contributed by atoms with Crippen molar-refractivity contribution < 1.29 is 47.7 Å². The highest BCUT2D eigenvalue weighted by atomic mass is 16.8. The number of benzene rings is 1. The Kier molecular flexibility index (Phi) is 7.77. The molecule has 3 aliphatic rings. The number of hydrogen-bond donors (Lipinski definition) is 1. The van der Waals surface area contributed by atoms with Gasteiger partial charge in [0.2, 0.25) is 5.91 Å². The molecule has 3 aliphatic heterocycles. The molecule has 3 unspecified atom stereocenters. The minimum atomic E-state index is -1.23. The summed E-state index contributed by atoms with van der Waals surface area (Å²) in [5.41, 5.74) is 0.771. The van der Waals surface area contributed by atoms with E-state index in [2.05, 4.69) is 5.32 Å². The fraction of sp³-hybridized carbons (Fsp3) is 0.565. The third kappa shape index (κ3) is 5.52. The molecule has 0 aromatic heterocycles. The molecule has 0 saturated carbocycles. The van der Waals surface area contributed by atoms with E-state index in [0.29, 0.717) is 5.06 Å². The third-order valence-corrected chi connectivity index (χ3v) is 5.89. The third-order valence-electron chi connectivity index (χ3n) is 5.89. The number of fused-ring (bicyclic) bond motifs is 1. The number of hydrogen-bond acceptors (Lipinski definition) is 10. The summed E-state index contributed by atoms with van der Waals surface area (Å²) in [6, 6.07) is 8.40. The molecule has 0 spiro atoms. The molecule has 7 atom stereocenters. The van der Waals surface area contributed by atoms with Gasteiger partial charge in [0, 0.05) is 32.4 Å². The smallest absolute Gasteiger partial charge is 0.358 e. The van der Waals surface area contributed by atoms with Crippen LogP contribution >= 0.6 is 0 Å². The number of carbonyl (C=O) groups excluding carboxylic acids is 4. The summed E-state index contributed by atoms with van der Waals surface area (Å²) in [5.74, 6) is -2.52. The number of rotatable bonds is 7. The Morgan fingerprint density at radius 2 is 1.80 bits per heavy atom. The van der Waals surface area contributed by atoms with Crippen molar-refractivity contribution in [3.8, 4) is 0 Å². The quantitative estimate of drug-likeness (QED) is 0.531. The van der Waals surface area contributed by atoms with Gasteiger partial charge in [-0.2, -0.15) is 0 Å². The number of ether oxygens (including phenoxy) is 5. The number of imide groups is 1. The largest absolute Gasteiger partial charge is 0.361 e. The molecular weight excluding hydrogens is 464 g/mol. The molecule has 35 heavy (non-hydrogen) atoms. The Balaban J connectivity index is 1.55. The van der Waals surface area contributed by atoms with Crippen LogP contribution < -0.4 is 5.32 Å². The van der Waals surface area contributed by atoms with E-state index in [0.717, 1.165) is 5.56 Å². The van der Waals surface area contributed by atoms with Crippen LogP contribution in [0.1, 0.15) is 38.5 Å². The predicted octanol–water partition coefficient (Wildman–Crippen LogP) is 0.358. The lowest BCUT2D eigenvalue weighted by Gasteiger charge is -2.49. The Morgan fingerprint density at radius 1 is 1.11 bits per heavy atom. The SMILES string of the molecule is CO[C@H]1OC2COC(c3ccccc3)O[C@H]2[C@H](O[C@H](C)C(=O)ON2C(=O)CCC2=O)C1NC(C)=O. The highest BCUT2D eigenvalue weighted by Gasteiger charge is 2.52. The highest BCUT2D eigenvalue weighted by Crippen LogP contribution is 2.36. The van der Waals surface area contributed by atoms with Crippen molar-refractivity contribution in [2.75, 3.05) is 13.7 Å². The number of nitrogens with one attached hydrogen (secondary N) is 1. The molecule has 12 heteroatoms. The topological polar surface area (TPSA) is 139 Å². The molecule has 12 nitrogen and oxygen atoms in total. The van der Waals surface area contributed by atoms with Crippen molar-refractivity contribution in [1.82, 2.24) is 10.4 Å². The van der Waals surface area contributed by atoms with Crippen molar-refractivity contribution in [2.24, 2.45) is 0 Å². The molecule has 1 aromatic carbocycles. The molecule has 1 N–H and O–H groups in total. The first-order chi connectivity index (χ1) is 16.8. The zero-order valence-electron chi connectivity index (χ0n) is 19.6. The Hall–Kier alpha value is -2.90. The summed E-state index contributed by atoms with van der Waals surface area (Å²) >= 11 is 0. The second-order valence-corrected chi connectivity index (χ2v) is 8.42. The van der Waals surface area contributed by atoms with E-state index in [-0.39, 0.29) is 25.4 Å². The van der Waals surface area contributed by atoms with Crippen molar-refractivity contribution in [1.29, 1.82) is 0 Å². The van der Waals surface area contributed by atoms with E-state index >= 15 is 0 Å². The van der Waals surface area contributed by atoms with Crippen LogP contribution in [-0.4, -0.2) is 79.2 Å². The van der Waals surface area contributed by atoms with Gasteiger partial charge < -0.3 is 33.8 Å². The van der Waals surface area contributed by atoms with Crippen LogP contribution in [0, 0.1) is 0 Å². The van der Waals surface area contributed by atoms with Gasteiger partial charge in [-0.15, -0.1) is 5.06 Å². The Morgan fingerprint density at radius 3 is 2.43 bits per heavy atom. The summed E-state index contributed by atoms with van der Waals surface area (Å²) in [4.78, 5) is 53.3. The maximum atomic E-state index is 12.7. The first-order valence-corrected chi connectivity index (χ1v) is 11.3. The average Bonchev–Trinajstić information content (AvgIpc) is 3.17. The molecule has 4 rings (SSSR count). The van der Waals surface area contributed by atoms with Crippen LogP contribution in [0.4, 0.5) is 0 Å². The van der Waals surface area contributed by atoms with Gasteiger partial charge in [-0.05, 0) is 6.92 Å². The second-order valence-electron chi connectivity index (χ2n) is 8.42. The molecule has 3 amide bonds. The van der Waals surface area contributed by atoms with E-state index in [9.17, 15) is 19.2 Å². The fourth-order valence-corrected chi connectivity index (χ4v) is 4.22. The van der Waals surface area contributed by atoms with Crippen molar-refractivity contribution in [2.45, 2.75) is 69.7 Å². The van der Waals surface area contributed by atoms with Gasteiger partial charge in [-0.3, -0.25) is 14.4 Å². The molecule has 0 radical (unpaired) electrons. The maximum Gasteiger partial charge on any atom is 0.361 e. The van der Waals surface area contributed by atoms with E-state index in [4.69, 9.17) is 28.5 Å². The number of amides is 3.